The predicted octanol–water partition coefficient (Wildman–Crippen LogP) is 4.08. The van der Waals surface area contributed by atoms with Crippen LogP contribution in [0, 0.1) is 0 Å². The van der Waals surface area contributed by atoms with E-state index in [9.17, 15) is 8.42 Å². The summed E-state index contributed by atoms with van der Waals surface area (Å²) < 4.78 is 39.6. The Bertz CT molecular complexity index is 1300. The molecule has 0 spiro atoms. The number of aromatic amines is 1. The molecule has 1 atom stereocenters. The topological polar surface area (TPSA) is 93.3 Å². The minimum absolute atomic E-state index is 0.127. The summed E-state index contributed by atoms with van der Waals surface area (Å²) in [6.45, 7) is 2.60. The average molecular weight is 452 g/mol. The molecule has 4 rings (SSSR count). The third-order valence-electron chi connectivity index (χ3n) is 5.31. The average Bonchev–Trinajstić information content (AvgIpc) is 3.24. The SMILES string of the molecule is CCOc1ccc(C(CNS(=O)(=O)c2cccnc2)c2c[nH]c3ccccc23)cc1OC. The van der Waals surface area contributed by atoms with Gasteiger partial charge in [0.25, 0.3) is 0 Å². The van der Waals surface area contributed by atoms with Crippen molar-refractivity contribution in [3.8, 4) is 11.5 Å². The quantitative estimate of drug-likeness (QED) is 0.400. The lowest BCUT2D eigenvalue weighted by molar-refractivity contribution is 0.310. The fraction of sp³-hybridized carbons (Fsp3) is 0.208. The first-order valence-corrected chi connectivity index (χ1v) is 11.8. The molecule has 2 aromatic heterocycles. The Balaban J connectivity index is 1.74. The summed E-state index contributed by atoms with van der Waals surface area (Å²) >= 11 is 0. The van der Waals surface area contributed by atoms with Crippen molar-refractivity contribution in [1.82, 2.24) is 14.7 Å². The van der Waals surface area contributed by atoms with Gasteiger partial charge in [0.05, 0.1) is 13.7 Å². The Kier molecular flexibility index (Phi) is 6.43. The number of H-pyrrole nitrogens is 1. The molecule has 0 amide bonds. The number of pyridine rings is 1. The molecule has 8 heteroatoms. The van der Waals surface area contributed by atoms with Crippen LogP contribution in [0.3, 0.4) is 0 Å². The van der Waals surface area contributed by atoms with Crippen LogP contribution in [0.5, 0.6) is 11.5 Å². The maximum Gasteiger partial charge on any atom is 0.242 e. The van der Waals surface area contributed by atoms with E-state index in [4.69, 9.17) is 9.47 Å². The first-order chi connectivity index (χ1) is 15.5. The van der Waals surface area contributed by atoms with Crippen molar-refractivity contribution in [3.63, 3.8) is 0 Å². The van der Waals surface area contributed by atoms with Gasteiger partial charge in [0, 0.05) is 42.0 Å². The minimum Gasteiger partial charge on any atom is -0.493 e. The van der Waals surface area contributed by atoms with Crippen molar-refractivity contribution in [1.29, 1.82) is 0 Å². The summed E-state index contributed by atoms with van der Waals surface area (Å²) in [6.07, 6.45) is 4.81. The maximum atomic E-state index is 12.9. The highest BCUT2D eigenvalue weighted by molar-refractivity contribution is 7.89. The monoisotopic (exact) mass is 451 g/mol. The normalized spacial score (nSPS) is 12.6. The molecule has 0 fully saturated rings. The molecule has 2 heterocycles. The highest BCUT2D eigenvalue weighted by atomic mass is 32.2. The summed E-state index contributed by atoms with van der Waals surface area (Å²) in [5.74, 6) is 0.985. The van der Waals surface area contributed by atoms with Gasteiger partial charge in [0.1, 0.15) is 4.90 Å². The van der Waals surface area contributed by atoms with E-state index in [1.807, 2.05) is 55.6 Å². The Morgan fingerprint density at radius 1 is 1.09 bits per heavy atom. The molecular formula is C24H25N3O4S. The molecule has 7 nitrogen and oxygen atoms in total. The Labute approximate surface area is 187 Å². The lowest BCUT2D eigenvalue weighted by Gasteiger charge is -2.20. The number of ether oxygens (including phenoxy) is 2. The van der Waals surface area contributed by atoms with Crippen LogP contribution in [0.2, 0.25) is 0 Å². The fourth-order valence-corrected chi connectivity index (χ4v) is 4.76. The second kappa shape index (κ2) is 9.42. The van der Waals surface area contributed by atoms with Gasteiger partial charge in [-0.3, -0.25) is 4.98 Å². The fourth-order valence-electron chi connectivity index (χ4n) is 3.75. The molecule has 0 radical (unpaired) electrons. The van der Waals surface area contributed by atoms with Crippen LogP contribution in [0.1, 0.15) is 24.0 Å². The molecule has 0 aliphatic rings. The van der Waals surface area contributed by atoms with Gasteiger partial charge in [-0.15, -0.1) is 0 Å². The number of hydrogen-bond donors (Lipinski definition) is 2. The summed E-state index contributed by atoms with van der Waals surface area (Å²) in [5.41, 5.74) is 2.88. The van der Waals surface area contributed by atoms with Gasteiger partial charge in [-0.2, -0.15) is 0 Å². The first kappa shape index (κ1) is 21.9. The zero-order chi connectivity index (χ0) is 22.6. The number of hydrogen-bond acceptors (Lipinski definition) is 5. The van der Waals surface area contributed by atoms with Gasteiger partial charge >= 0.3 is 0 Å². The number of nitrogens with one attached hydrogen (secondary N) is 2. The van der Waals surface area contributed by atoms with Crippen molar-refractivity contribution < 1.29 is 17.9 Å². The lowest BCUT2D eigenvalue weighted by Crippen LogP contribution is -2.29. The second-order valence-electron chi connectivity index (χ2n) is 7.23. The van der Waals surface area contributed by atoms with Crippen molar-refractivity contribution in [2.24, 2.45) is 0 Å². The second-order valence-corrected chi connectivity index (χ2v) is 8.99. The van der Waals surface area contributed by atoms with Gasteiger partial charge in [-0.25, -0.2) is 13.1 Å². The van der Waals surface area contributed by atoms with Crippen molar-refractivity contribution in [3.05, 3.63) is 84.3 Å². The molecule has 166 valence electrons. The van der Waals surface area contributed by atoms with Crippen LogP contribution in [0.4, 0.5) is 0 Å². The van der Waals surface area contributed by atoms with E-state index in [0.29, 0.717) is 18.1 Å². The molecule has 1 unspecified atom stereocenters. The molecule has 0 saturated heterocycles. The van der Waals surface area contributed by atoms with E-state index in [0.717, 1.165) is 22.0 Å². The summed E-state index contributed by atoms with van der Waals surface area (Å²) in [6, 6.07) is 16.8. The Hall–Kier alpha value is -3.36. The number of fused-ring (bicyclic) bond motifs is 1. The summed E-state index contributed by atoms with van der Waals surface area (Å²) in [4.78, 5) is 7.33. The third kappa shape index (κ3) is 4.46. The van der Waals surface area contributed by atoms with Gasteiger partial charge in [0.2, 0.25) is 10.0 Å². The zero-order valence-corrected chi connectivity index (χ0v) is 18.7. The highest BCUT2D eigenvalue weighted by Gasteiger charge is 2.23. The van der Waals surface area contributed by atoms with Crippen LogP contribution < -0.4 is 14.2 Å². The Morgan fingerprint density at radius 3 is 2.69 bits per heavy atom. The van der Waals surface area contributed by atoms with E-state index in [1.165, 1.54) is 12.3 Å². The largest absolute Gasteiger partial charge is 0.493 e. The van der Waals surface area contributed by atoms with E-state index in [2.05, 4.69) is 14.7 Å². The van der Waals surface area contributed by atoms with Crippen molar-refractivity contribution >= 4 is 20.9 Å². The molecular weight excluding hydrogens is 426 g/mol. The van der Waals surface area contributed by atoms with Gasteiger partial charge in [-0.05, 0) is 48.4 Å². The maximum absolute atomic E-state index is 12.9. The molecule has 4 aromatic rings. The standard InChI is InChI=1S/C24H25N3O4S/c1-3-31-23-11-10-17(13-24(23)30-2)20(21-15-26-22-9-5-4-8-19(21)22)16-27-32(28,29)18-7-6-12-25-14-18/h4-15,20,26-27H,3,16H2,1-2H3. The first-order valence-electron chi connectivity index (χ1n) is 10.3. The number of methoxy groups -OCH3 is 1. The molecule has 0 aliphatic carbocycles. The van der Waals surface area contributed by atoms with Crippen LogP contribution in [-0.2, 0) is 10.0 Å². The van der Waals surface area contributed by atoms with Crippen LogP contribution >= 0.6 is 0 Å². The number of para-hydroxylation sites is 1. The van der Waals surface area contributed by atoms with Crippen LogP contribution in [0.25, 0.3) is 10.9 Å². The Morgan fingerprint density at radius 2 is 1.94 bits per heavy atom. The summed E-state index contributed by atoms with van der Waals surface area (Å²) in [5, 5.41) is 1.03. The van der Waals surface area contributed by atoms with E-state index in [1.54, 1.807) is 19.4 Å². The molecule has 2 N–H and O–H groups in total. The third-order valence-corrected chi connectivity index (χ3v) is 6.72. The van der Waals surface area contributed by atoms with E-state index in [-0.39, 0.29) is 17.4 Å². The van der Waals surface area contributed by atoms with Crippen LogP contribution in [0.15, 0.2) is 78.1 Å². The smallest absolute Gasteiger partial charge is 0.242 e. The molecule has 0 aliphatic heterocycles. The van der Waals surface area contributed by atoms with E-state index < -0.39 is 10.0 Å². The number of rotatable bonds is 9. The van der Waals surface area contributed by atoms with Crippen LogP contribution in [-0.4, -0.2) is 38.6 Å². The molecule has 0 saturated carbocycles. The van der Waals surface area contributed by atoms with Crippen molar-refractivity contribution in [2.45, 2.75) is 17.7 Å². The van der Waals surface area contributed by atoms with Gasteiger partial charge in [0.15, 0.2) is 11.5 Å². The predicted molar refractivity (Wildman–Crippen MR) is 124 cm³/mol. The number of sulfonamides is 1. The number of nitrogens with zero attached hydrogens (tertiary/aromatic N) is 1. The zero-order valence-electron chi connectivity index (χ0n) is 17.9. The molecule has 32 heavy (non-hydrogen) atoms. The molecule has 0 bridgehead atoms. The molecule has 2 aromatic carbocycles. The van der Waals surface area contributed by atoms with Crippen molar-refractivity contribution in [2.75, 3.05) is 20.3 Å². The van der Waals surface area contributed by atoms with Gasteiger partial charge < -0.3 is 14.5 Å². The number of benzene rings is 2. The van der Waals surface area contributed by atoms with E-state index >= 15 is 0 Å². The summed E-state index contributed by atoms with van der Waals surface area (Å²) in [7, 11) is -2.13. The highest BCUT2D eigenvalue weighted by Crippen LogP contribution is 2.36. The minimum atomic E-state index is -3.72. The number of aromatic nitrogens is 2. The van der Waals surface area contributed by atoms with Gasteiger partial charge in [-0.1, -0.05) is 24.3 Å². The lowest BCUT2D eigenvalue weighted by atomic mass is 9.91.